The van der Waals surface area contributed by atoms with E-state index in [-0.39, 0.29) is 16.2 Å². The predicted octanol–water partition coefficient (Wildman–Crippen LogP) is 2.26. The van der Waals surface area contributed by atoms with Gasteiger partial charge >= 0.3 is 0 Å². The molecule has 0 aromatic rings. The van der Waals surface area contributed by atoms with Crippen molar-refractivity contribution in [1.29, 1.82) is 0 Å². The first-order valence-electron chi connectivity index (χ1n) is 6.68. The van der Waals surface area contributed by atoms with Crippen molar-refractivity contribution in [3.8, 4) is 0 Å². The lowest BCUT2D eigenvalue weighted by atomic mass is 9.69. The first-order chi connectivity index (χ1) is 8.16. The zero-order chi connectivity index (χ0) is 11.5. The Labute approximate surface area is 101 Å². The second-order valence-corrected chi connectivity index (χ2v) is 6.73. The third kappa shape index (κ3) is 0.594. The lowest BCUT2D eigenvalue weighted by Crippen LogP contribution is -2.34. The van der Waals surface area contributed by atoms with Crippen LogP contribution in [0.4, 0.5) is 0 Å². The van der Waals surface area contributed by atoms with E-state index in [1.807, 2.05) is 0 Å². The van der Waals surface area contributed by atoms with Gasteiger partial charge in [0.2, 0.25) is 0 Å². The quantitative estimate of drug-likeness (QED) is 0.635. The summed E-state index contributed by atoms with van der Waals surface area (Å²) in [5.41, 5.74) is 3.14. The third-order valence-corrected chi connectivity index (χ3v) is 6.66. The average molecular weight is 228 g/mol. The van der Waals surface area contributed by atoms with Crippen LogP contribution in [0, 0.1) is 22.2 Å². The van der Waals surface area contributed by atoms with E-state index >= 15 is 0 Å². The number of carbonyl (C=O) groups excluding carboxylic acids is 1. The monoisotopic (exact) mass is 228 g/mol. The standard InChI is InChI=1S/C15H16O2/c1-13-12(16)4-9-5-14(13)3-2-10-7-17-8-11(10)15(13,14)6-9/h2-3,9H,4-8H2,1H3/t9-,13?,14-,15-/m0/s1. The second kappa shape index (κ2) is 2.18. The van der Waals surface area contributed by atoms with Gasteiger partial charge in [-0.1, -0.05) is 19.1 Å². The molecular weight excluding hydrogens is 212 g/mol. The summed E-state index contributed by atoms with van der Waals surface area (Å²) < 4.78 is 5.64. The van der Waals surface area contributed by atoms with Crippen LogP contribution in [-0.2, 0) is 9.53 Å². The highest BCUT2D eigenvalue weighted by Gasteiger charge is 2.92. The van der Waals surface area contributed by atoms with Crippen molar-refractivity contribution in [2.45, 2.75) is 26.2 Å². The number of ether oxygens (including phenoxy) is 1. The molecule has 2 spiro atoms. The lowest BCUT2D eigenvalue weighted by molar-refractivity contribution is -0.130. The number of allylic oxidation sites excluding steroid dienone is 1. The molecule has 6 rings (SSSR count). The summed E-state index contributed by atoms with van der Waals surface area (Å²) in [5.74, 6) is 1.16. The molecule has 0 N–H and O–H groups in total. The van der Waals surface area contributed by atoms with Gasteiger partial charge in [-0.05, 0) is 29.9 Å². The molecule has 17 heavy (non-hydrogen) atoms. The minimum Gasteiger partial charge on any atom is -0.372 e. The fourth-order valence-corrected chi connectivity index (χ4v) is 6.04. The molecule has 4 bridgehead atoms. The van der Waals surface area contributed by atoms with Crippen LogP contribution in [-0.4, -0.2) is 19.0 Å². The first kappa shape index (κ1) is 9.09. The maximum Gasteiger partial charge on any atom is 0.140 e. The Hall–Kier alpha value is -0.890. The number of hydrogen-bond acceptors (Lipinski definition) is 2. The number of hydrogen-bond donors (Lipinski definition) is 0. The van der Waals surface area contributed by atoms with Crippen molar-refractivity contribution in [1.82, 2.24) is 0 Å². The molecule has 0 aromatic carbocycles. The molecule has 88 valence electrons. The van der Waals surface area contributed by atoms with Gasteiger partial charge in [0.05, 0.1) is 13.2 Å². The zero-order valence-corrected chi connectivity index (χ0v) is 10.1. The zero-order valence-electron chi connectivity index (χ0n) is 10.1. The van der Waals surface area contributed by atoms with Crippen LogP contribution in [0.3, 0.4) is 0 Å². The Bertz CT molecular complexity index is 537. The van der Waals surface area contributed by atoms with E-state index in [0.29, 0.717) is 11.7 Å². The molecule has 5 aliphatic carbocycles. The predicted molar refractivity (Wildman–Crippen MR) is 62.3 cm³/mol. The van der Waals surface area contributed by atoms with E-state index < -0.39 is 0 Å². The fourth-order valence-electron chi connectivity index (χ4n) is 6.04. The lowest BCUT2D eigenvalue weighted by Gasteiger charge is -2.33. The molecule has 0 radical (unpaired) electrons. The van der Waals surface area contributed by atoms with Crippen LogP contribution in [0.15, 0.2) is 23.3 Å². The number of rotatable bonds is 0. The molecule has 2 heteroatoms. The molecule has 4 saturated carbocycles. The van der Waals surface area contributed by atoms with Gasteiger partial charge in [-0.2, -0.15) is 0 Å². The summed E-state index contributed by atoms with van der Waals surface area (Å²) in [7, 11) is 0. The van der Waals surface area contributed by atoms with Crippen molar-refractivity contribution in [2.24, 2.45) is 22.2 Å². The van der Waals surface area contributed by atoms with E-state index in [4.69, 9.17) is 4.74 Å². The van der Waals surface area contributed by atoms with E-state index in [0.717, 1.165) is 19.6 Å². The fraction of sp³-hybridized carbons (Fsp3) is 0.667. The van der Waals surface area contributed by atoms with Crippen molar-refractivity contribution in [3.63, 3.8) is 0 Å². The van der Waals surface area contributed by atoms with Crippen molar-refractivity contribution < 1.29 is 9.53 Å². The number of ketones is 1. The van der Waals surface area contributed by atoms with Gasteiger partial charge in [0.15, 0.2) is 0 Å². The van der Waals surface area contributed by atoms with Crippen molar-refractivity contribution in [3.05, 3.63) is 23.3 Å². The van der Waals surface area contributed by atoms with Crippen LogP contribution in [0.5, 0.6) is 0 Å². The summed E-state index contributed by atoms with van der Waals surface area (Å²) in [6, 6.07) is 0. The molecular formula is C15H16O2. The van der Waals surface area contributed by atoms with Crippen LogP contribution in [0.2, 0.25) is 0 Å². The molecule has 4 atom stereocenters. The molecule has 0 aromatic heterocycles. The maximum absolute atomic E-state index is 12.4. The minimum atomic E-state index is -0.0873. The summed E-state index contributed by atoms with van der Waals surface area (Å²) in [6.07, 6.45) is 7.94. The smallest absolute Gasteiger partial charge is 0.140 e. The van der Waals surface area contributed by atoms with Gasteiger partial charge in [-0.3, -0.25) is 4.79 Å². The second-order valence-electron chi connectivity index (χ2n) is 6.73. The number of Topliss-reactive ketones (excluding diaryl/α,β-unsaturated/α-hetero) is 1. The summed E-state index contributed by atoms with van der Waals surface area (Å²) >= 11 is 0. The SMILES string of the molecule is CC12C(=O)C[C@H]3C[C@@]14C=CC1=C(COC1)[C@@]24C3. The summed E-state index contributed by atoms with van der Waals surface area (Å²) in [6.45, 7) is 3.76. The number of fused-ring (bicyclic) bond motifs is 1. The van der Waals surface area contributed by atoms with E-state index in [9.17, 15) is 4.79 Å². The highest BCUT2D eigenvalue weighted by Crippen LogP contribution is 2.93. The van der Waals surface area contributed by atoms with Gasteiger partial charge in [0.1, 0.15) is 5.78 Å². The minimum absolute atomic E-state index is 0.0873. The van der Waals surface area contributed by atoms with E-state index in [2.05, 4.69) is 19.1 Å². The molecule has 2 nitrogen and oxygen atoms in total. The number of carbonyl (C=O) groups is 1. The highest BCUT2D eigenvalue weighted by atomic mass is 16.5. The largest absolute Gasteiger partial charge is 0.372 e. The van der Waals surface area contributed by atoms with Gasteiger partial charge in [0, 0.05) is 22.7 Å². The summed E-state index contributed by atoms with van der Waals surface area (Å²) in [4.78, 5) is 12.4. The van der Waals surface area contributed by atoms with Gasteiger partial charge in [-0.25, -0.2) is 0 Å². The van der Waals surface area contributed by atoms with E-state index in [1.54, 1.807) is 0 Å². The van der Waals surface area contributed by atoms with Gasteiger partial charge in [0.25, 0.3) is 0 Å². The molecule has 4 fully saturated rings. The Kier molecular flexibility index (Phi) is 1.17. The normalized spacial score (nSPS) is 57.2. The van der Waals surface area contributed by atoms with Crippen molar-refractivity contribution >= 4 is 5.78 Å². The maximum atomic E-state index is 12.4. The van der Waals surface area contributed by atoms with Gasteiger partial charge in [-0.15, -0.1) is 0 Å². The molecule has 0 saturated heterocycles. The van der Waals surface area contributed by atoms with Crippen molar-refractivity contribution in [2.75, 3.05) is 13.2 Å². The van der Waals surface area contributed by atoms with Crippen LogP contribution in [0.25, 0.3) is 0 Å². The third-order valence-electron chi connectivity index (χ3n) is 6.66. The van der Waals surface area contributed by atoms with Gasteiger partial charge < -0.3 is 4.74 Å². The Morgan fingerprint density at radius 1 is 1.35 bits per heavy atom. The Morgan fingerprint density at radius 3 is 3.12 bits per heavy atom. The molecule has 1 aliphatic heterocycles. The Balaban J connectivity index is 1.83. The van der Waals surface area contributed by atoms with E-state index in [1.165, 1.54) is 24.0 Å². The molecule has 0 amide bonds. The highest BCUT2D eigenvalue weighted by molar-refractivity contribution is 5.96. The first-order valence-corrected chi connectivity index (χ1v) is 6.68. The summed E-state index contributed by atoms with van der Waals surface area (Å²) in [5, 5.41) is 0. The van der Waals surface area contributed by atoms with Crippen LogP contribution >= 0.6 is 0 Å². The molecule has 6 aliphatic rings. The Morgan fingerprint density at radius 2 is 2.24 bits per heavy atom. The topological polar surface area (TPSA) is 26.3 Å². The van der Waals surface area contributed by atoms with Crippen LogP contribution in [0.1, 0.15) is 26.2 Å². The molecule has 1 unspecified atom stereocenters. The molecule has 1 heterocycles. The average Bonchev–Trinajstić information content (AvgIpc) is 2.70. The van der Waals surface area contributed by atoms with Crippen LogP contribution < -0.4 is 0 Å².